The summed E-state index contributed by atoms with van der Waals surface area (Å²) in [5, 5.41) is 0. The van der Waals surface area contributed by atoms with E-state index in [0.717, 1.165) is 34.7 Å². The zero-order valence-electron chi connectivity index (χ0n) is 13.3. The summed E-state index contributed by atoms with van der Waals surface area (Å²) in [4.78, 5) is 5.30. The second-order valence-electron chi connectivity index (χ2n) is 4.97. The van der Waals surface area contributed by atoms with Crippen molar-refractivity contribution in [2.75, 3.05) is 0 Å². The van der Waals surface area contributed by atoms with Crippen LogP contribution in [0, 0.1) is 0 Å². The molecule has 0 bridgehead atoms. The fraction of sp³-hybridized carbons (Fsp3) is 0.353. The van der Waals surface area contributed by atoms with Gasteiger partial charge in [0.2, 0.25) is 0 Å². The van der Waals surface area contributed by atoms with Gasteiger partial charge in [0.25, 0.3) is 0 Å². The molecule has 0 radical (unpaired) electrons. The van der Waals surface area contributed by atoms with Crippen LogP contribution in [0.1, 0.15) is 40.5 Å². The standard InChI is InChI=1S/C17H24N2OS/c1-6-10-13(2)18-15(4)14(3)16(5)19-21(20)17-11-8-7-9-12-17/h7-9,11-12,19H,5-6,10H2,1-4H3/b15-14+,18-13?. The second kappa shape index (κ2) is 8.57. The highest BCUT2D eigenvalue weighted by Gasteiger charge is 2.07. The Labute approximate surface area is 130 Å². The Hall–Kier alpha value is -1.68. The molecule has 1 unspecified atom stereocenters. The minimum Gasteiger partial charge on any atom is -0.301 e. The Morgan fingerprint density at radius 3 is 2.43 bits per heavy atom. The molecule has 0 saturated heterocycles. The molecule has 0 heterocycles. The number of hydrogen-bond acceptors (Lipinski definition) is 2. The molecular weight excluding hydrogens is 280 g/mol. The summed E-state index contributed by atoms with van der Waals surface area (Å²) in [5.41, 5.74) is 3.58. The summed E-state index contributed by atoms with van der Waals surface area (Å²) in [7, 11) is -1.30. The van der Waals surface area contributed by atoms with Crippen molar-refractivity contribution in [2.45, 2.75) is 45.4 Å². The summed E-state index contributed by atoms with van der Waals surface area (Å²) < 4.78 is 15.1. The Balaban J connectivity index is 2.79. The second-order valence-corrected chi connectivity index (χ2v) is 6.18. The van der Waals surface area contributed by atoms with Crippen LogP contribution in [0.5, 0.6) is 0 Å². The predicted octanol–water partition coefficient (Wildman–Crippen LogP) is 4.37. The first-order valence-corrected chi connectivity index (χ1v) is 8.25. The van der Waals surface area contributed by atoms with Crippen LogP contribution < -0.4 is 4.72 Å². The van der Waals surface area contributed by atoms with Gasteiger partial charge in [0.15, 0.2) is 0 Å². The van der Waals surface area contributed by atoms with Gasteiger partial charge in [0, 0.05) is 17.1 Å². The average Bonchev–Trinajstić information content (AvgIpc) is 2.47. The molecule has 0 spiro atoms. The summed E-state index contributed by atoms with van der Waals surface area (Å²) in [6, 6.07) is 9.28. The average molecular weight is 304 g/mol. The fourth-order valence-electron chi connectivity index (χ4n) is 1.80. The molecule has 0 aromatic heterocycles. The number of hydrogen-bond donors (Lipinski definition) is 1. The Bertz CT molecular complexity index is 574. The smallest absolute Gasteiger partial charge is 0.150 e. The van der Waals surface area contributed by atoms with Gasteiger partial charge >= 0.3 is 0 Å². The predicted molar refractivity (Wildman–Crippen MR) is 91.5 cm³/mol. The lowest BCUT2D eigenvalue weighted by Gasteiger charge is -2.11. The van der Waals surface area contributed by atoms with Crippen molar-refractivity contribution in [1.82, 2.24) is 4.72 Å². The molecule has 0 aliphatic heterocycles. The van der Waals surface area contributed by atoms with E-state index < -0.39 is 11.0 Å². The van der Waals surface area contributed by atoms with Crippen molar-refractivity contribution in [3.05, 3.63) is 53.9 Å². The first-order valence-electron chi connectivity index (χ1n) is 7.10. The summed E-state index contributed by atoms with van der Waals surface area (Å²) in [6.45, 7) is 12.0. The van der Waals surface area contributed by atoms with Crippen LogP contribution in [-0.4, -0.2) is 9.92 Å². The Morgan fingerprint density at radius 1 is 1.24 bits per heavy atom. The van der Waals surface area contributed by atoms with Crippen molar-refractivity contribution >= 4 is 16.7 Å². The normalized spacial score (nSPS) is 14.4. The highest BCUT2D eigenvalue weighted by Crippen LogP contribution is 2.14. The lowest BCUT2D eigenvalue weighted by Crippen LogP contribution is -2.17. The van der Waals surface area contributed by atoms with E-state index in [9.17, 15) is 4.21 Å². The zero-order chi connectivity index (χ0) is 15.8. The molecule has 1 atom stereocenters. The first-order chi connectivity index (χ1) is 9.95. The number of aliphatic imine (C=N–C) groups is 1. The fourth-order valence-corrected chi connectivity index (χ4v) is 2.70. The molecular formula is C17H24N2OS. The van der Waals surface area contributed by atoms with Crippen molar-refractivity contribution in [3.8, 4) is 0 Å². The third kappa shape index (κ3) is 5.68. The SMILES string of the molecule is C=C(NS(=O)c1ccccc1)/C(C)=C(\C)N=C(C)CCC. The molecule has 3 nitrogen and oxygen atoms in total. The van der Waals surface area contributed by atoms with E-state index in [2.05, 4.69) is 23.2 Å². The van der Waals surface area contributed by atoms with Gasteiger partial charge in [-0.15, -0.1) is 0 Å². The van der Waals surface area contributed by atoms with Crippen molar-refractivity contribution in [2.24, 2.45) is 4.99 Å². The first kappa shape index (κ1) is 17.4. The van der Waals surface area contributed by atoms with E-state index in [1.807, 2.05) is 51.1 Å². The highest BCUT2D eigenvalue weighted by molar-refractivity contribution is 7.83. The van der Waals surface area contributed by atoms with Crippen LogP contribution in [0.2, 0.25) is 0 Å². The molecule has 0 saturated carbocycles. The number of nitrogens with one attached hydrogen (secondary N) is 1. The maximum Gasteiger partial charge on any atom is 0.150 e. The van der Waals surface area contributed by atoms with Crippen LogP contribution in [-0.2, 0) is 11.0 Å². The maximum atomic E-state index is 12.2. The summed E-state index contributed by atoms with van der Waals surface area (Å²) in [6.07, 6.45) is 2.07. The van der Waals surface area contributed by atoms with Gasteiger partial charge in [-0.1, -0.05) is 38.1 Å². The van der Waals surface area contributed by atoms with Gasteiger partial charge in [0.1, 0.15) is 11.0 Å². The molecule has 4 heteroatoms. The van der Waals surface area contributed by atoms with Gasteiger partial charge < -0.3 is 4.72 Å². The Morgan fingerprint density at radius 2 is 1.86 bits per heavy atom. The molecule has 0 aliphatic rings. The molecule has 0 aliphatic carbocycles. The van der Waals surface area contributed by atoms with Gasteiger partial charge in [-0.3, -0.25) is 4.99 Å². The van der Waals surface area contributed by atoms with E-state index >= 15 is 0 Å². The van der Waals surface area contributed by atoms with Crippen molar-refractivity contribution in [3.63, 3.8) is 0 Å². The van der Waals surface area contributed by atoms with Crippen molar-refractivity contribution < 1.29 is 4.21 Å². The lowest BCUT2D eigenvalue weighted by molar-refractivity contribution is 0.678. The van der Waals surface area contributed by atoms with Crippen LogP contribution in [0.3, 0.4) is 0 Å². The topological polar surface area (TPSA) is 41.5 Å². The highest BCUT2D eigenvalue weighted by atomic mass is 32.2. The van der Waals surface area contributed by atoms with Gasteiger partial charge in [-0.2, -0.15) is 0 Å². The van der Waals surface area contributed by atoms with Crippen LogP contribution in [0.15, 0.2) is 63.8 Å². The number of allylic oxidation sites excluding steroid dienone is 2. The maximum absolute atomic E-state index is 12.2. The van der Waals surface area contributed by atoms with Gasteiger partial charge in [0.05, 0.1) is 4.90 Å². The van der Waals surface area contributed by atoms with Crippen LogP contribution in [0.25, 0.3) is 0 Å². The van der Waals surface area contributed by atoms with Crippen LogP contribution >= 0.6 is 0 Å². The third-order valence-corrected chi connectivity index (χ3v) is 4.27. The van der Waals surface area contributed by atoms with E-state index in [0.29, 0.717) is 5.70 Å². The Kier molecular flexibility index (Phi) is 7.09. The molecule has 21 heavy (non-hydrogen) atoms. The molecule has 0 amide bonds. The van der Waals surface area contributed by atoms with E-state index in [4.69, 9.17) is 0 Å². The summed E-state index contributed by atoms with van der Waals surface area (Å²) >= 11 is 0. The van der Waals surface area contributed by atoms with Gasteiger partial charge in [-0.25, -0.2) is 4.21 Å². The van der Waals surface area contributed by atoms with Crippen LogP contribution in [0.4, 0.5) is 0 Å². The molecule has 1 rings (SSSR count). The molecule has 1 aromatic rings. The zero-order valence-corrected chi connectivity index (χ0v) is 14.1. The molecule has 0 fully saturated rings. The van der Waals surface area contributed by atoms with E-state index in [-0.39, 0.29) is 0 Å². The minimum atomic E-state index is -1.30. The molecule has 1 aromatic carbocycles. The number of nitrogens with zero attached hydrogens (tertiary/aromatic N) is 1. The lowest BCUT2D eigenvalue weighted by atomic mass is 10.2. The van der Waals surface area contributed by atoms with Gasteiger partial charge in [-0.05, 0) is 44.9 Å². The van der Waals surface area contributed by atoms with Crippen molar-refractivity contribution in [1.29, 1.82) is 0 Å². The molecule has 114 valence electrons. The largest absolute Gasteiger partial charge is 0.301 e. The minimum absolute atomic E-state index is 0.641. The summed E-state index contributed by atoms with van der Waals surface area (Å²) in [5.74, 6) is 0. The number of benzene rings is 1. The number of rotatable bonds is 7. The van der Waals surface area contributed by atoms with E-state index in [1.165, 1.54) is 0 Å². The third-order valence-electron chi connectivity index (χ3n) is 3.14. The van der Waals surface area contributed by atoms with E-state index in [1.54, 1.807) is 0 Å². The monoisotopic (exact) mass is 304 g/mol. The molecule has 1 N–H and O–H groups in total. The quantitative estimate of drug-likeness (QED) is 0.590.